The molecule has 3 aromatic rings. The predicted octanol–water partition coefficient (Wildman–Crippen LogP) is 3.17. The van der Waals surface area contributed by atoms with E-state index in [9.17, 15) is 9.59 Å². The zero-order valence-electron chi connectivity index (χ0n) is 17.4. The average molecular weight is 455 g/mol. The Balaban J connectivity index is 1.29. The summed E-state index contributed by atoms with van der Waals surface area (Å²) in [5.74, 6) is 0.646. The number of hydrogen-bond acceptors (Lipinski definition) is 8. The van der Waals surface area contributed by atoms with Crippen LogP contribution in [-0.4, -0.2) is 44.7 Å². The van der Waals surface area contributed by atoms with Crippen molar-refractivity contribution in [2.24, 2.45) is 0 Å². The fraction of sp³-hybridized carbons (Fsp3) is 0.286. The number of rotatable bonds is 8. The highest BCUT2D eigenvalue weighted by atomic mass is 32.2. The van der Waals surface area contributed by atoms with Gasteiger partial charge < -0.3 is 14.8 Å². The van der Waals surface area contributed by atoms with Crippen LogP contribution in [0.2, 0.25) is 0 Å². The van der Waals surface area contributed by atoms with E-state index >= 15 is 0 Å². The molecule has 2 aromatic carbocycles. The van der Waals surface area contributed by atoms with Gasteiger partial charge in [0.1, 0.15) is 0 Å². The van der Waals surface area contributed by atoms with Crippen molar-refractivity contribution in [2.75, 3.05) is 17.9 Å². The second-order valence-electron chi connectivity index (χ2n) is 7.00. The molecule has 1 aliphatic heterocycles. The number of imide groups is 1. The third kappa shape index (κ3) is 5.35. The fourth-order valence-electron chi connectivity index (χ4n) is 3.05. The zero-order chi connectivity index (χ0) is 22.3. The molecule has 0 saturated heterocycles. The molecule has 0 aliphatic carbocycles. The van der Waals surface area contributed by atoms with Gasteiger partial charge in [0, 0.05) is 11.8 Å². The van der Waals surface area contributed by atoms with E-state index in [4.69, 9.17) is 9.47 Å². The van der Waals surface area contributed by atoms with Gasteiger partial charge in [-0.15, -0.1) is 5.10 Å². The molecule has 4 rings (SSSR count). The van der Waals surface area contributed by atoms with Crippen molar-refractivity contribution in [2.45, 2.75) is 31.3 Å². The van der Waals surface area contributed by atoms with Gasteiger partial charge >= 0.3 is 6.03 Å². The minimum atomic E-state index is -0.642. The van der Waals surface area contributed by atoms with Crippen LogP contribution in [0.4, 0.5) is 10.5 Å². The largest absolute Gasteiger partial charge is 0.454 e. The minimum Gasteiger partial charge on any atom is -0.454 e. The first-order valence-corrected chi connectivity index (χ1v) is 11.1. The van der Waals surface area contributed by atoms with Crippen LogP contribution in [0.5, 0.6) is 11.5 Å². The number of nitrogens with one attached hydrogen (secondary N) is 2. The Bertz CT molecular complexity index is 1100. The Morgan fingerprint density at radius 1 is 1.12 bits per heavy atom. The number of carbonyl (C=O) groups excluding carboxylic acids is 2. The van der Waals surface area contributed by atoms with Crippen molar-refractivity contribution in [1.82, 2.24) is 25.5 Å². The van der Waals surface area contributed by atoms with Crippen LogP contribution in [0, 0.1) is 0 Å². The number of amides is 3. The number of fused-ring (bicyclic) bond motifs is 1. The molecular weight excluding hydrogens is 432 g/mol. The van der Waals surface area contributed by atoms with E-state index in [0.717, 1.165) is 36.7 Å². The second-order valence-corrected chi connectivity index (χ2v) is 7.94. The molecule has 0 fully saturated rings. The van der Waals surface area contributed by atoms with Gasteiger partial charge in [0.25, 0.3) is 0 Å². The third-order valence-electron chi connectivity index (χ3n) is 4.66. The van der Waals surface area contributed by atoms with Gasteiger partial charge in [-0.1, -0.05) is 37.2 Å². The molecule has 0 bridgehead atoms. The highest BCUT2D eigenvalue weighted by Crippen LogP contribution is 2.34. The summed E-state index contributed by atoms with van der Waals surface area (Å²) in [7, 11) is 0. The molecule has 0 saturated carbocycles. The number of nitrogens with zero attached hydrogens (tertiary/aromatic N) is 4. The number of urea groups is 1. The van der Waals surface area contributed by atoms with Crippen molar-refractivity contribution in [3.05, 3.63) is 48.0 Å². The number of anilines is 1. The van der Waals surface area contributed by atoms with Gasteiger partial charge in [0.15, 0.2) is 11.5 Å². The maximum atomic E-state index is 12.2. The summed E-state index contributed by atoms with van der Waals surface area (Å²) in [6, 6.07) is 12.3. The lowest BCUT2D eigenvalue weighted by Gasteiger charge is -2.08. The van der Waals surface area contributed by atoms with E-state index in [1.165, 1.54) is 5.56 Å². The first-order chi connectivity index (χ1) is 15.6. The molecule has 0 spiro atoms. The summed E-state index contributed by atoms with van der Waals surface area (Å²) < 4.78 is 12.1. The van der Waals surface area contributed by atoms with E-state index in [2.05, 4.69) is 33.1 Å². The maximum Gasteiger partial charge on any atom is 0.325 e. The van der Waals surface area contributed by atoms with Crippen molar-refractivity contribution in [3.8, 4) is 17.2 Å². The van der Waals surface area contributed by atoms with Crippen LogP contribution in [0.3, 0.4) is 0 Å². The quantitative estimate of drug-likeness (QED) is 0.498. The molecule has 0 unspecified atom stereocenters. The van der Waals surface area contributed by atoms with E-state index in [-0.39, 0.29) is 12.5 Å². The van der Waals surface area contributed by atoms with Crippen LogP contribution < -0.4 is 20.1 Å². The number of aromatic nitrogens is 4. The Kier molecular flexibility index (Phi) is 6.85. The van der Waals surface area contributed by atoms with Gasteiger partial charge in [-0.2, -0.15) is 4.68 Å². The van der Waals surface area contributed by atoms with Crippen LogP contribution in [0.15, 0.2) is 47.6 Å². The standard InChI is InChI=1S/C21H22N6O4S/c1-2-3-4-14-5-8-16(9-6-14)27-21(24-25-26-27)32-12-19(28)23-20(29)22-15-7-10-17-18(11-15)31-13-30-17/h5-11H,2-4,12-13H2,1H3,(H2,22,23,28,29). The summed E-state index contributed by atoms with van der Waals surface area (Å²) in [5.41, 5.74) is 2.54. The van der Waals surface area contributed by atoms with Gasteiger partial charge in [-0.3, -0.25) is 10.1 Å². The first-order valence-electron chi connectivity index (χ1n) is 10.1. The van der Waals surface area contributed by atoms with Gasteiger partial charge in [-0.25, -0.2) is 4.79 Å². The lowest BCUT2D eigenvalue weighted by molar-refractivity contribution is -0.117. The molecule has 2 heterocycles. The monoisotopic (exact) mass is 454 g/mol. The predicted molar refractivity (Wildman–Crippen MR) is 118 cm³/mol. The normalized spacial score (nSPS) is 11.9. The molecule has 3 amide bonds. The Morgan fingerprint density at radius 3 is 2.75 bits per heavy atom. The number of carbonyl (C=O) groups is 2. The molecule has 1 aromatic heterocycles. The average Bonchev–Trinajstić information content (AvgIpc) is 3.45. The summed E-state index contributed by atoms with van der Waals surface area (Å²) >= 11 is 1.14. The Hall–Kier alpha value is -3.60. The summed E-state index contributed by atoms with van der Waals surface area (Å²) in [6.45, 7) is 2.30. The highest BCUT2D eigenvalue weighted by molar-refractivity contribution is 7.99. The van der Waals surface area contributed by atoms with Crippen molar-refractivity contribution in [1.29, 1.82) is 0 Å². The van der Waals surface area contributed by atoms with Gasteiger partial charge in [-0.05, 0) is 53.1 Å². The molecule has 11 heteroatoms. The molecular formula is C21H22N6O4S. The van der Waals surface area contributed by atoms with Crippen molar-refractivity contribution >= 4 is 29.4 Å². The topological polar surface area (TPSA) is 120 Å². The SMILES string of the molecule is CCCCc1ccc(-n2nnnc2SCC(=O)NC(=O)Nc2ccc3c(c2)OCO3)cc1. The fourth-order valence-corrected chi connectivity index (χ4v) is 3.74. The number of unbranched alkanes of at least 4 members (excludes halogenated alkanes) is 1. The summed E-state index contributed by atoms with van der Waals surface area (Å²) in [6.07, 6.45) is 3.32. The number of ether oxygens (including phenoxy) is 2. The van der Waals surface area contributed by atoms with E-state index in [1.807, 2.05) is 24.3 Å². The number of benzene rings is 2. The second kappa shape index (κ2) is 10.1. The molecule has 166 valence electrons. The van der Waals surface area contributed by atoms with Crippen LogP contribution >= 0.6 is 11.8 Å². The minimum absolute atomic E-state index is 0.0243. The smallest absolute Gasteiger partial charge is 0.325 e. The van der Waals surface area contributed by atoms with Crippen LogP contribution in [0.25, 0.3) is 5.69 Å². The van der Waals surface area contributed by atoms with Gasteiger partial charge in [0.2, 0.25) is 17.9 Å². The molecule has 0 atom stereocenters. The highest BCUT2D eigenvalue weighted by Gasteiger charge is 2.16. The molecule has 1 aliphatic rings. The molecule has 0 radical (unpaired) electrons. The molecule has 2 N–H and O–H groups in total. The zero-order valence-corrected chi connectivity index (χ0v) is 18.2. The number of aryl methyl sites for hydroxylation is 1. The van der Waals surface area contributed by atoms with Gasteiger partial charge in [0.05, 0.1) is 11.4 Å². The lowest BCUT2D eigenvalue weighted by Crippen LogP contribution is -2.35. The lowest BCUT2D eigenvalue weighted by atomic mass is 10.1. The van der Waals surface area contributed by atoms with E-state index < -0.39 is 11.9 Å². The van der Waals surface area contributed by atoms with Crippen LogP contribution in [-0.2, 0) is 11.2 Å². The molecule has 32 heavy (non-hydrogen) atoms. The van der Waals surface area contributed by atoms with Crippen LogP contribution in [0.1, 0.15) is 25.3 Å². The third-order valence-corrected chi connectivity index (χ3v) is 5.58. The Morgan fingerprint density at radius 2 is 1.94 bits per heavy atom. The summed E-state index contributed by atoms with van der Waals surface area (Å²) in [4.78, 5) is 24.3. The first kappa shape index (κ1) is 21.6. The summed E-state index contributed by atoms with van der Waals surface area (Å²) in [5, 5.41) is 17.0. The van der Waals surface area contributed by atoms with Crippen molar-refractivity contribution in [3.63, 3.8) is 0 Å². The maximum absolute atomic E-state index is 12.2. The number of tetrazole rings is 1. The molecule has 10 nitrogen and oxygen atoms in total. The van der Waals surface area contributed by atoms with Crippen molar-refractivity contribution < 1.29 is 19.1 Å². The van der Waals surface area contributed by atoms with E-state index in [1.54, 1.807) is 22.9 Å². The number of hydrogen-bond donors (Lipinski definition) is 2. The number of thioether (sulfide) groups is 1. The van der Waals surface area contributed by atoms with E-state index in [0.29, 0.717) is 22.3 Å². The Labute approximate surface area is 188 Å².